The molecule has 1 amide bonds. The van der Waals surface area contributed by atoms with Gasteiger partial charge in [0, 0.05) is 22.6 Å². The van der Waals surface area contributed by atoms with Crippen LogP contribution in [0.4, 0.5) is 4.79 Å². The maximum atomic E-state index is 11.9. The van der Waals surface area contributed by atoms with Crippen molar-refractivity contribution in [2.45, 2.75) is 19.1 Å². The van der Waals surface area contributed by atoms with E-state index in [2.05, 4.69) is 10.7 Å². The fourth-order valence-electron chi connectivity index (χ4n) is 3.11. The largest absolute Gasteiger partial charge is 0.487 e. The maximum absolute atomic E-state index is 11.9. The Morgan fingerprint density at radius 2 is 2.11 bits per heavy atom. The third-order valence-electron chi connectivity index (χ3n) is 4.38. The minimum atomic E-state index is -0.450. The second-order valence-electron chi connectivity index (χ2n) is 6.34. The second kappa shape index (κ2) is 8.03. The monoisotopic (exact) mass is 399 g/mol. The van der Waals surface area contributed by atoms with Gasteiger partial charge in [0.15, 0.2) is 0 Å². The van der Waals surface area contributed by atoms with Gasteiger partial charge in [-0.15, -0.1) is 0 Å². The third kappa shape index (κ3) is 4.26. The van der Waals surface area contributed by atoms with E-state index < -0.39 is 6.09 Å². The number of thiophene rings is 1. The number of carbonyl (C=O) groups excluding carboxylic acids is 1. The summed E-state index contributed by atoms with van der Waals surface area (Å²) in [6, 6.07) is 15.5. The first-order valence-corrected chi connectivity index (χ1v) is 9.97. The Hall–Kier alpha value is -2.50. The number of hydrogen-bond donors (Lipinski definition) is 1. The van der Waals surface area contributed by atoms with Crippen molar-refractivity contribution in [1.82, 2.24) is 5.32 Å². The molecule has 1 aliphatic rings. The summed E-state index contributed by atoms with van der Waals surface area (Å²) in [7, 11) is 0. The summed E-state index contributed by atoms with van der Waals surface area (Å²) in [5.74, 6) is 0.849. The summed E-state index contributed by atoms with van der Waals surface area (Å²) in [5.41, 5.74) is 4.10. The second-order valence-corrected chi connectivity index (χ2v) is 7.56. The molecule has 1 aliphatic heterocycles. The lowest BCUT2D eigenvalue weighted by Gasteiger charge is -2.13. The number of amides is 1. The highest BCUT2D eigenvalue weighted by molar-refractivity contribution is 7.08. The van der Waals surface area contributed by atoms with Crippen LogP contribution in [0.1, 0.15) is 11.1 Å². The average molecular weight is 400 g/mol. The molecule has 2 aromatic carbocycles. The number of fused-ring (bicyclic) bond motifs is 1. The quantitative estimate of drug-likeness (QED) is 0.633. The highest BCUT2D eigenvalue weighted by atomic mass is 35.5. The molecule has 27 heavy (non-hydrogen) atoms. The van der Waals surface area contributed by atoms with Gasteiger partial charge in [-0.05, 0) is 40.1 Å². The van der Waals surface area contributed by atoms with E-state index in [0.717, 1.165) is 28.0 Å². The number of hydrogen-bond acceptors (Lipinski definition) is 4. The Kier molecular flexibility index (Phi) is 5.32. The van der Waals surface area contributed by atoms with Crippen LogP contribution in [0.25, 0.3) is 11.1 Å². The van der Waals surface area contributed by atoms with Crippen molar-refractivity contribution in [3.63, 3.8) is 0 Å². The van der Waals surface area contributed by atoms with Gasteiger partial charge in [0.05, 0.1) is 6.54 Å². The summed E-state index contributed by atoms with van der Waals surface area (Å²) in [4.78, 5) is 11.9. The van der Waals surface area contributed by atoms with Crippen molar-refractivity contribution in [2.24, 2.45) is 0 Å². The number of halogens is 1. The summed E-state index contributed by atoms with van der Waals surface area (Å²) in [5, 5.41) is 7.57. The van der Waals surface area contributed by atoms with E-state index in [1.807, 2.05) is 53.9 Å². The molecule has 0 saturated carbocycles. The van der Waals surface area contributed by atoms with Gasteiger partial charge in [0.1, 0.15) is 18.5 Å². The molecule has 1 atom stereocenters. The van der Waals surface area contributed by atoms with Crippen LogP contribution in [0.5, 0.6) is 5.75 Å². The van der Waals surface area contributed by atoms with Crippen LogP contribution in [0, 0.1) is 0 Å². The predicted octanol–water partition coefficient (Wildman–Crippen LogP) is 5.30. The van der Waals surface area contributed by atoms with Gasteiger partial charge in [-0.25, -0.2) is 4.79 Å². The van der Waals surface area contributed by atoms with E-state index in [0.29, 0.717) is 18.0 Å². The Balaban J connectivity index is 1.35. The van der Waals surface area contributed by atoms with Crippen LogP contribution in [0.15, 0.2) is 59.3 Å². The Labute approximate surface area is 166 Å². The van der Waals surface area contributed by atoms with Gasteiger partial charge < -0.3 is 14.8 Å². The zero-order valence-electron chi connectivity index (χ0n) is 14.5. The van der Waals surface area contributed by atoms with Gasteiger partial charge >= 0.3 is 6.09 Å². The molecule has 0 fully saturated rings. The molecule has 0 radical (unpaired) electrons. The minimum absolute atomic E-state index is 0.139. The average Bonchev–Trinajstić information content (AvgIpc) is 3.34. The molecule has 6 heteroatoms. The Morgan fingerprint density at radius 3 is 2.89 bits per heavy atom. The topological polar surface area (TPSA) is 47.6 Å². The van der Waals surface area contributed by atoms with Gasteiger partial charge in [0.2, 0.25) is 0 Å². The van der Waals surface area contributed by atoms with Crippen LogP contribution in [-0.2, 0) is 17.8 Å². The summed E-state index contributed by atoms with van der Waals surface area (Å²) in [6.07, 6.45) is 0.112. The van der Waals surface area contributed by atoms with Gasteiger partial charge in [-0.1, -0.05) is 41.9 Å². The molecule has 1 aromatic heterocycles. The van der Waals surface area contributed by atoms with Gasteiger partial charge in [-0.3, -0.25) is 0 Å². The van der Waals surface area contributed by atoms with Crippen molar-refractivity contribution in [1.29, 1.82) is 0 Å². The van der Waals surface area contributed by atoms with Crippen molar-refractivity contribution in [2.75, 3.05) is 6.54 Å². The number of alkyl carbamates (subject to hydrolysis) is 1. The SMILES string of the molecule is O=C(NCC1Cc2cc(Cl)cc(-c3ccsc3)c2O1)OCc1ccccc1. The van der Waals surface area contributed by atoms with Crippen LogP contribution in [0.2, 0.25) is 5.02 Å². The van der Waals surface area contributed by atoms with Gasteiger partial charge in [-0.2, -0.15) is 11.3 Å². The zero-order valence-corrected chi connectivity index (χ0v) is 16.1. The number of carbonyl (C=O) groups is 1. The molecule has 138 valence electrons. The summed E-state index contributed by atoms with van der Waals surface area (Å²) < 4.78 is 11.3. The molecule has 1 unspecified atom stereocenters. The third-order valence-corrected chi connectivity index (χ3v) is 5.28. The molecule has 0 aliphatic carbocycles. The van der Waals surface area contributed by atoms with E-state index in [9.17, 15) is 4.79 Å². The van der Waals surface area contributed by atoms with E-state index in [4.69, 9.17) is 21.1 Å². The number of ether oxygens (including phenoxy) is 2. The van der Waals surface area contributed by atoms with E-state index in [1.54, 1.807) is 11.3 Å². The molecular weight excluding hydrogens is 382 g/mol. The van der Waals surface area contributed by atoms with Crippen molar-refractivity contribution in [3.8, 4) is 16.9 Å². The molecule has 0 saturated heterocycles. The maximum Gasteiger partial charge on any atom is 0.407 e. The van der Waals surface area contributed by atoms with Gasteiger partial charge in [0.25, 0.3) is 0 Å². The molecule has 2 heterocycles. The highest BCUT2D eigenvalue weighted by Gasteiger charge is 2.27. The molecule has 3 aromatic rings. The molecular formula is C21H18ClNO3S. The number of rotatable bonds is 5. The first-order valence-electron chi connectivity index (χ1n) is 8.65. The van der Waals surface area contributed by atoms with E-state index >= 15 is 0 Å². The van der Waals surface area contributed by atoms with Crippen molar-refractivity contribution in [3.05, 3.63) is 75.4 Å². The molecule has 1 N–H and O–H groups in total. The fraction of sp³-hybridized carbons (Fsp3) is 0.190. The standard InChI is InChI=1S/C21H18ClNO3S/c22-17-8-16-9-18(26-20(16)19(10-17)15-6-7-27-13-15)11-23-21(24)25-12-14-4-2-1-3-5-14/h1-8,10,13,18H,9,11-12H2,(H,23,24). The predicted molar refractivity (Wildman–Crippen MR) is 108 cm³/mol. The first-order chi connectivity index (χ1) is 13.2. The Morgan fingerprint density at radius 1 is 1.26 bits per heavy atom. The number of nitrogens with one attached hydrogen (secondary N) is 1. The zero-order chi connectivity index (χ0) is 18.6. The van der Waals surface area contributed by atoms with E-state index in [1.165, 1.54) is 0 Å². The first kappa shape index (κ1) is 17.9. The Bertz CT molecular complexity index is 928. The fourth-order valence-corrected chi connectivity index (χ4v) is 4.01. The summed E-state index contributed by atoms with van der Waals surface area (Å²) in [6.45, 7) is 0.624. The van der Waals surface area contributed by atoms with Crippen LogP contribution in [-0.4, -0.2) is 18.7 Å². The van der Waals surface area contributed by atoms with Crippen LogP contribution in [0.3, 0.4) is 0 Å². The summed E-state index contributed by atoms with van der Waals surface area (Å²) >= 11 is 7.91. The minimum Gasteiger partial charge on any atom is -0.487 e. The molecule has 4 rings (SSSR count). The van der Waals surface area contributed by atoms with Crippen molar-refractivity contribution < 1.29 is 14.3 Å². The molecule has 0 bridgehead atoms. The van der Waals surface area contributed by atoms with Crippen LogP contribution < -0.4 is 10.1 Å². The lowest BCUT2D eigenvalue weighted by Crippen LogP contribution is -2.34. The lowest BCUT2D eigenvalue weighted by atomic mass is 10.0. The van der Waals surface area contributed by atoms with Crippen LogP contribution >= 0.6 is 22.9 Å². The molecule has 4 nitrogen and oxygen atoms in total. The van der Waals surface area contributed by atoms with E-state index in [-0.39, 0.29) is 12.7 Å². The van der Waals surface area contributed by atoms with Crippen molar-refractivity contribution >= 4 is 29.0 Å². The lowest BCUT2D eigenvalue weighted by molar-refractivity contribution is 0.133. The highest BCUT2D eigenvalue weighted by Crippen LogP contribution is 2.41. The molecule has 0 spiro atoms. The normalized spacial score (nSPS) is 15.1. The smallest absolute Gasteiger partial charge is 0.407 e. The number of benzene rings is 2.